The Labute approximate surface area is 187 Å². The monoisotopic (exact) mass is 472 g/mol. The van der Waals surface area contributed by atoms with Gasteiger partial charge in [-0.05, 0) is 40.5 Å². The van der Waals surface area contributed by atoms with Crippen LogP contribution in [0.5, 0.6) is 5.75 Å². The lowest BCUT2D eigenvalue weighted by atomic mass is 9.55. The molecule has 1 fully saturated rings. The Hall–Kier alpha value is -3.25. The number of phenols is 1. The fourth-order valence-corrected chi connectivity index (χ4v) is 5.90. The minimum atomic E-state index is -0.462. The van der Waals surface area contributed by atoms with Gasteiger partial charge in [0.1, 0.15) is 5.75 Å². The number of nitrogens with zero attached hydrogens (tertiary/aromatic N) is 2. The molecule has 2 bridgehead atoms. The van der Waals surface area contributed by atoms with Crippen LogP contribution in [0, 0.1) is 11.8 Å². The number of carbonyl (C=O) groups is 2. The van der Waals surface area contributed by atoms with E-state index in [2.05, 4.69) is 45.3 Å². The molecule has 2 atom stereocenters. The van der Waals surface area contributed by atoms with Crippen LogP contribution >= 0.6 is 15.9 Å². The molecule has 152 valence electrons. The molecule has 0 spiro atoms. The van der Waals surface area contributed by atoms with Crippen LogP contribution in [-0.2, 0) is 9.59 Å². The number of benzene rings is 3. The highest BCUT2D eigenvalue weighted by atomic mass is 79.9. The quantitative estimate of drug-likeness (QED) is 0.444. The summed E-state index contributed by atoms with van der Waals surface area (Å²) in [6, 6.07) is 21.2. The van der Waals surface area contributed by atoms with E-state index in [4.69, 9.17) is 0 Å². The summed E-state index contributed by atoms with van der Waals surface area (Å²) in [6.45, 7) is 0. The fourth-order valence-electron chi connectivity index (χ4n) is 5.52. The zero-order chi connectivity index (χ0) is 21.3. The molecule has 3 aliphatic carbocycles. The number of imide groups is 1. The molecule has 1 saturated heterocycles. The van der Waals surface area contributed by atoms with E-state index in [1.54, 1.807) is 12.1 Å². The lowest BCUT2D eigenvalue weighted by Crippen LogP contribution is -2.41. The molecule has 1 heterocycles. The second-order valence-electron chi connectivity index (χ2n) is 8.20. The number of hydrazone groups is 1. The molecular formula is C25H17BrN2O3. The second kappa shape index (κ2) is 6.62. The molecular weight excluding hydrogens is 456 g/mol. The van der Waals surface area contributed by atoms with Crippen LogP contribution < -0.4 is 0 Å². The Bertz CT molecular complexity index is 1190. The standard InChI is InChI=1S/C25H17BrN2O3/c26-14-9-10-19(29)13(11-14)12-27-28-24(30)22-20-15-5-1-2-6-16(15)21(23(22)25(28)31)18-8-4-3-7-17(18)20/h1-12,20-23,29H/b27-12-/t20?,21?,22-,23-/m1/s1. The molecule has 0 saturated carbocycles. The number of halogens is 1. The van der Waals surface area contributed by atoms with Gasteiger partial charge in [-0.25, -0.2) is 0 Å². The van der Waals surface area contributed by atoms with Crippen molar-refractivity contribution >= 4 is 34.0 Å². The summed E-state index contributed by atoms with van der Waals surface area (Å²) in [5.74, 6) is -1.76. The molecule has 6 heteroatoms. The van der Waals surface area contributed by atoms with Gasteiger partial charge in [0.15, 0.2) is 0 Å². The first-order valence-electron chi connectivity index (χ1n) is 10.1. The van der Waals surface area contributed by atoms with Crippen LogP contribution in [0.15, 0.2) is 76.3 Å². The number of hydrogen-bond donors (Lipinski definition) is 1. The van der Waals surface area contributed by atoms with Crippen LogP contribution in [0.3, 0.4) is 0 Å². The smallest absolute Gasteiger partial charge is 0.254 e. The first-order chi connectivity index (χ1) is 15.1. The largest absolute Gasteiger partial charge is 0.507 e. The highest BCUT2D eigenvalue weighted by molar-refractivity contribution is 9.10. The van der Waals surface area contributed by atoms with Gasteiger partial charge in [-0.15, -0.1) is 0 Å². The van der Waals surface area contributed by atoms with Gasteiger partial charge >= 0.3 is 0 Å². The summed E-state index contributed by atoms with van der Waals surface area (Å²) in [6.07, 6.45) is 1.37. The molecule has 31 heavy (non-hydrogen) atoms. The predicted molar refractivity (Wildman–Crippen MR) is 119 cm³/mol. The Morgan fingerprint density at radius 2 is 1.29 bits per heavy atom. The molecule has 5 nitrogen and oxygen atoms in total. The van der Waals surface area contributed by atoms with Crippen molar-refractivity contribution in [3.8, 4) is 5.75 Å². The third kappa shape index (κ3) is 2.51. The Kier molecular flexibility index (Phi) is 3.96. The summed E-state index contributed by atoms with van der Waals surface area (Å²) >= 11 is 3.36. The molecule has 3 aromatic carbocycles. The van der Waals surface area contributed by atoms with Crippen LogP contribution in [0.2, 0.25) is 0 Å². The van der Waals surface area contributed by atoms with E-state index in [0.29, 0.717) is 5.56 Å². The molecule has 2 amide bonds. The molecule has 1 aliphatic heterocycles. The molecule has 3 aromatic rings. The van der Waals surface area contributed by atoms with Crippen LogP contribution in [-0.4, -0.2) is 28.1 Å². The van der Waals surface area contributed by atoms with Crippen LogP contribution in [0.25, 0.3) is 0 Å². The van der Waals surface area contributed by atoms with Crippen molar-refractivity contribution in [2.45, 2.75) is 11.8 Å². The number of amides is 2. The van der Waals surface area contributed by atoms with E-state index in [1.807, 2.05) is 24.3 Å². The molecule has 0 unspecified atom stereocenters. The number of rotatable bonds is 2. The van der Waals surface area contributed by atoms with Gasteiger partial charge in [-0.1, -0.05) is 64.5 Å². The third-order valence-electron chi connectivity index (χ3n) is 6.73. The van der Waals surface area contributed by atoms with Crippen molar-refractivity contribution in [3.05, 3.63) is 99.0 Å². The predicted octanol–water partition coefficient (Wildman–Crippen LogP) is 4.38. The van der Waals surface area contributed by atoms with E-state index in [9.17, 15) is 14.7 Å². The van der Waals surface area contributed by atoms with E-state index in [1.165, 1.54) is 12.3 Å². The maximum absolute atomic E-state index is 13.5. The molecule has 0 radical (unpaired) electrons. The SMILES string of the molecule is O=C1[C@@H]2C3c4ccccc4C(c4ccccc43)[C@H]2C(=O)N1/N=C\c1cc(Br)ccc1O. The maximum atomic E-state index is 13.5. The van der Waals surface area contributed by atoms with Gasteiger partial charge in [0.25, 0.3) is 11.8 Å². The summed E-state index contributed by atoms with van der Waals surface area (Å²) in [7, 11) is 0. The Balaban J connectivity index is 1.46. The van der Waals surface area contributed by atoms with Gasteiger partial charge in [0.2, 0.25) is 0 Å². The van der Waals surface area contributed by atoms with Crippen molar-refractivity contribution in [3.63, 3.8) is 0 Å². The molecule has 1 N–H and O–H groups in total. The Morgan fingerprint density at radius 1 is 0.806 bits per heavy atom. The molecule has 4 aliphatic rings. The fraction of sp³-hybridized carbons (Fsp3) is 0.160. The first-order valence-corrected chi connectivity index (χ1v) is 10.9. The van der Waals surface area contributed by atoms with Gasteiger partial charge in [-0.3, -0.25) is 9.59 Å². The van der Waals surface area contributed by atoms with Crippen molar-refractivity contribution < 1.29 is 14.7 Å². The lowest BCUT2D eigenvalue weighted by Gasteiger charge is -2.45. The van der Waals surface area contributed by atoms with Crippen molar-refractivity contribution in [1.82, 2.24) is 5.01 Å². The number of hydrogen-bond acceptors (Lipinski definition) is 4. The highest BCUT2D eigenvalue weighted by Gasteiger charge is 2.61. The summed E-state index contributed by atoms with van der Waals surface area (Å²) < 4.78 is 0.767. The highest BCUT2D eigenvalue weighted by Crippen LogP contribution is 2.60. The van der Waals surface area contributed by atoms with Crippen LogP contribution in [0.1, 0.15) is 39.7 Å². The summed E-state index contributed by atoms with van der Waals surface area (Å²) in [4.78, 5) is 26.9. The normalized spacial score (nSPS) is 25.6. The molecule has 7 rings (SSSR count). The van der Waals surface area contributed by atoms with Crippen molar-refractivity contribution in [1.29, 1.82) is 0 Å². The van der Waals surface area contributed by atoms with Gasteiger partial charge < -0.3 is 5.11 Å². The van der Waals surface area contributed by atoms with E-state index in [-0.39, 0.29) is 29.4 Å². The number of phenolic OH excluding ortho intramolecular Hbond substituents is 1. The van der Waals surface area contributed by atoms with Crippen molar-refractivity contribution in [2.75, 3.05) is 0 Å². The number of aromatic hydroxyl groups is 1. The van der Waals surface area contributed by atoms with E-state index in [0.717, 1.165) is 31.7 Å². The third-order valence-corrected chi connectivity index (χ3v) is 7.22. The summed E-state index contributed by atoms with van der Waals surface area (Å²) in [5, 5.41) is 15.3. The average molecular weight is 473 g/mol. The van der Waals surface area contributed by atoms with E-state index >= 15 is 0 Å². The van der Waals surface area contributed by atoms with Crippen molar-refractivity contribution in [2.24, 2.45) is 16.9 Å². The zero-order valence-electron chi connectivity index (χ0n) is 16.3. The Morgan fingerprint density at radius 3 is 1.77 bits per heavy atom. The molecule has 0 aromatic heterocycles. The van der Waals surface area contributed by atoms with Gasteiger partial charge in [0, 0.05) is 21.9 Å². The number of carbonyl (C=O) groups excluding carboxylic acids is 2. The first kappa shape index (κ1) is 18.5. The zero-order valence-corrected chi connectivity index (χ0v) is 17.9. The second-order valence-corrected chi connectivity index (χ2v) is 9.12. The van der Waals surface area contributed by atoms with Gasteiger partial charge in [0.05, 0.1) is 18.1 Å². The lowest BCUT2D eigenvalue weighted by molar-refractivity contribution is -0.139. The summed E-state index contributed by atoms with van der Waals surface area (Å²) in [5.41, 5.74) is 4.95. The van der Waals surface area contributed by atoms with Gasteiger partial charge in [-0.2, -0.15) is 10.1 Å². The minimum Gasteiger partial charge on any atom is -0.507 e. The van der Waals surface area contributed by atoms with Crippen LogP contribution in [0.4, 0.5) is 0 Å². The topological polar surface area (TPSA) is 70.0 Å². The average Bonchev–Trinajstić information content (AvgIpc) is 3.05. The minimum absolute atomic E-state index is 0.0309. The van der Waals surface area contributed by atoms with E-state index < -0.39 is 11.8 Å². The maximum Gasteiger partial charge on any atom is 0.254 e.